The zero-order valence-corrected chi connectivity index (χ0v) is 12.9. The number of hydrogen-bond acceptors (Lipinski definition) is 2. The van der Waals surface area contributed by atoms with Gasteiger partial charge in [-0.2, -0.15) is 11.8 Å². The molecule has 1 amide bonds. The Kier molecular flexibility index (Phi) is 5.13. The monoisotopic (exact) mass is 327 g/mol. The number of benzene rings is 1. The predicted octanol–water partition coefficient (Wildman–Crippen LogP) is 3.85. The van der Waals surface area contributed by atoms with Gasteiger partial charge in [-0.25, -0.2) is 0 Å². The van der Waals surface area contributed by atoms with Crippen LogP contribution >= 0.6 is 27.7 Å². The third-order valence-electron chi connectivity index (χ3n) is 3.21. The standard InChI is InChI=1S/C14H18BrNOS/c1-2-18-13-7-6-12(9-13)16-14(17)10-4-3-5-11(15)8-10/h3-5,8,12-13H,2,6-7,9H2,1H3,(H,16,17). The zero-order valence-electron chi connectivity index (χ0n) is 10.5. The van der Waals surface area contributed by atoms with Gasteiger partial charge in [0.05, 0.1) is 0 Å². The van der Waals surface area contributed by atoms with Crippen LogP contribution in [-0.2, 0) is 0 Å². The van der Waals surface area contributed by atoms with Gasteiger partial charge in [0.25, 0.3) is 5.91 Å². The summed E-state index contributed by atoms with van der Waals surface area (Å²) >= 11 is 5.40. The van der Waals surface area contributed by atoms with Gasteiger partial charge in [-0.3, -0.25) is 4.79 Å². The summed E-state index contributed by atoms with van der Waals surface area (Å²) in [7, 11) is 0. The molecule has 2 rings (SSSR count). The van der Waals surface area contributed by atoms with Crippen LogP contribution in [0.25, 0.3) is 0 Å². The minimum atomic E-state index is 0.0449. The SMILES string of the molecule is CCSC1CCC(NC(=O)c2cccc(Br)c2)C1. The van der Waals surface area contributed by atoms with Crippen LogP contribution < -0.4 is 5.32 Å². The molecule has 1 aliphatic rings. The quantitative estimate of drug-likeness (QED) is 0.909. The molecule has 0 bridgehead atoms. The Balaban J connectivity index is 1.89. The molecule has 0 spiro atoms. The van der Waals surface area contributed by atoms with Crippen molar-refractivity contribution in [2.45, 2.75) is 37.5 Å². The first-order valence-electron chi connectivity index (χ1n) is 6.37. The number of rotatable bonds is 4. The molecule has 2 unspecified atom stereocenters. The van der Waals surface area contributed by atoms with Crippen molar-refractivity contribution in [2.75, 3.05) is 5.75 Å². The second-order valence-electron chi connectivity index (χ2n) is 4.57. The number of nitrogens with one attached hydrogen (secondary N) is 1. The maximum atomic E-state index is 12.1. The highest BCUT2D eigenvalue weighted by Gasteiger charge is 2.25. The molecule has 18 heavy (non-hydrogen) atoms. The van der Waals surface area contributed by atoms with Crippen LogP contribution in [0.15, 0.2) is 28.7 Å². The lowest BCUT2D eigenvalue weighted by molar-refractivity contribution is 0.0938. The van der Waals surface area contributed by atoms with Crippen molar-refractivity contribution in [2.24, 2.45) is 0 Å². The summed E-state index contributed by atoms with van der Waals surface area (Å²) in [6.07, 6.45) is 3.44. The van der Waals surface area contributed by atoms with Crippen LogP contribution in [0.4, 0.5) is 0 Å². The molecule has 2 nitrogen and oxygen atoms in total. The molecule has 98 valence electrons. The lowest BCUT2D eigenvalue weighted by Gasteiger charge is -2.13. The van der Waals surface area contributed by atoms with Gasteiger partial charge >= 0.3 is 0 Å². The van der Waals surface area contributed by atoms with Crippen molar-refractivity contribution in [3.05, 3.63) is 34.3 Å². The molecule has 0 aliphatic heterocycles. The van der Waals surface area contributed by atoms with E-state index in [4.69, 9.17) is 0 Å². The Morgan fingerprint density at radius 3 is 3.06 bits per heavy atom. The van der Waals surface area contributed by atoms with Gasteiger partial charge in [0.1, 0.15) is 0 Å². The van der Waals surface area contributed by atoms with E-state index < -0.39 is 0 Å². The molecule has 1 fully saturated rings. The van der Waals surface area contributed by atoms with E-state index in [1.807, 2.05) is 36.0 Å². The maximum absolute atomic E-state index is 12.1. The van der Waals surface area contributed by atoms with Crippen LogP contribution in [0.1, 0.15) is 36.5 Å². The molecule has 1 aromatic rings. The summed E-state index contributed by atoms with van der Waals surface area (Å²) in [6.45, 7) is 2.19. The van der Waals surface area contributed by atoms with Crippen LogP contribution in [-0.4, -0.2) is 23.0 Å². The molecule has 1 N–H and O–H groups in total. The number of thioether (sulfide) groups is 1. The topological polar surface area (TPSA) is 29.1 Å². The number of hydrogen-bond donors (Lipinski definition) is 1. The van der Waals surface area contributed by atoms with E-state index in [0.717, 1.165) is 33.9 Å². The van der Waals surface area contributed by atoms with E-state index in [1.54, 1.807) is 0 Å². The fourth-order valence-electron chi connectivity index (χ4n) is 2.36. The Hall–Kier alpha value is -0.480. The maximum Gasteiger partial charge on any atom is 0.251 e. The van der Waals surface area contributed by atoms with E-state index in [2.05, 4.69) is 28.2 Å². The molecule has 2 atom stereocenters. The molecule has 0 aromatic heterocycles. The third-order valence-corrected chi connectivity index (χ3v) is 4.94. The number of halogens is 1. The molecule has 1 saturated carbocycles. The van der Waals surface area contributed by atoms with Crippen LogP contribution in [0.3, 0.4) is 0 Å². The summed E-state index contributed by atoms with van der Waals surface area (Å²) < 4.78 is 0.945. The van der Waals surface area contributed by atoms with Crippen molar-refractivity contribution in [1.29, 1.82) is 0 Å². The van der Waals surface area contributed by atoms with Gasteiger partial charge in [0, 0.05) is 21.3 Å². The van der Waals surface area contributed by atoms with E-state index in [1.165, 1.54) is 6.42 Å². The smallest absolute Gasteiger partial charge is 0.251 e. The summed E-state index contributed by atoms with van der Waals surface area (Å²) in [5.41, 5.74) is 0.732. The predicted molar refractivity (Wildman–Crippen MR) is 81.2 cm³/mol. The molecule has 0 saturated heterocycles. The van der Waals surface area contributed by atoms with Gasteiger partial charge in [0.2, 0.25) is 0 Å². The molecule has 0 heterocycles. The van der Waals surface area contributed by atoms with Crippen LogP contribution in [0.2, 0.25) is 0 Å². The average molecular weight is 328 g/mol. The van der Waals surface area contributed by atoms with Gasteiger partial charge in [-0.05, 0) is 43.2 Å². The fraction of sp³-hybridized carbons (Fsp3) is 0.500. The average Bonchev–Trinajstić information content (AvgIpc) is 2.77. The van der Waals surface area contributed by atoms with Crippen molar-refractivity contribution < 1.29 is 4.79 Å². The van der Waals surface area contributed by atoms with Gasteiger partial charge in [-0.15, -0.1) is 0 Å². The largest absolute Gasteiger partial charge is 0.349 e. The minimum absolute atomic E-state index is 0.0449. The Labute approximate surface area is 121 Å². The minimum Gasteiger partial charge on any atom is -0.349 e. The van der Waals surface area contributed by atoms with Crippen LogP contribution in [0.5, 0.6) is 0 Å². The Morgan fingerprint density at radius 2 is 2.33 bits per heavy atom. The van der Waals surface area contributed by atoms with E-state index >= 15 is 0 Å². The summed E-state index contributed by atoms with van der Waals surface area (Å²) in [6, 6.07) is 7.89. The highest BCUT2D eigenvalue weighted by atomic mass is 79.9. The van der Waals surface area contributed by atoms with E-state index in [-0.39, 0.29) is 5.91 Å². The van der Waals surface area contributed by atoms with Crippen molar-refractivity contribution in [1.82, 2.24) is 5.32 Å². The molecule has 1 aromatic carbocycles. The summed E-state index contributed by atoms with van der Waals surface area (Å²) in [5, 5.41) is 3.86. The first-order valence-corrected chi connectivity index (χ1v) is 8.21. The molecular formula is C14H18BrNOS. The van der Waals surface area contributed by atoms with Gasteiger partial charge in [-0.1, -0.05) is 28.9 Å². The number of amides is 1. The summed E-state index contributed by atoms with van der Waals surface area (Å²) in [4.78, 5) is 12.1. The van der Waals surface area contributed by atoms with Crippen LogP contribution in [0, 0.1) is 0 Å². The van der Waals surface area contributed by atoms with Crippen molar-refractivity contribution in [3.63, 3.8) is 0 Å². The van der Waals surface area contributed by atoms with Gasteiger partial charge < -0.3 is 5.32 Å². The van der Waals surface area contributed by atoms with E-state index in [9.17, 15) is 4.79 Å². The Morgan fingerprint density at radius 1 is 1.50 bits per heavy atom. The first kappa shape index (κ1) is 13.9. The first-order chi connectivity index (χ1) is 8.69. The number of carbonyl (C=O) groups is 1. The van der Waals surface area contributed by atoms with Crippen molar-refractivity contribution in [3.8, 4) is 0 Å². The number of carbonyl (C=O) groups excluding carboxylic acids is 1. The van der Waals surface area contributed by atoms with Gasteiger partial charge in [0.15, 0.2) is 0 Å². The molecule has 4 heteroatoms. The van der Waals surface area contributed by atoms with Crippen molar-refractivity contribution >= 4 is 33.6 Å². The highest BCUT2D eigenvalue weighted by molar-refractivity contribution is 9.10. The normalized spacial score (nSPS) is 23.0. The Bertz CT molecular complexity index is 424. The highest BCUT2D eigenvalue weighted by Crippen LogP contribution is 2.29. The second kappa shape index (κ2) is 6.62. The molecular weight excluding hydrogens is 310 g/mol. The fourth-order valence-corrected chi connectivity index (χ4v) is 3.90. The molecule has 0 radical (unpaired) electrons. The summed E-state index contributed by atoms with van der Waals surface area (Å²) in [5.74, 6) is 1.21. The lowest BCUT2D eigenvalue weighted by Crippen LogP contribution is -2.33. The molecule has 1 aliphatic carbocycles. The second-order valence-corrected chi connectivity index (χ2v) is 7.06. The zero-order chi connectivity index (χ0) is 13.0. The third kappa shape index (κ3) is 3.75. The van der Waals surface area contributed by atoms with E-state index in [0.29, 0.717) is 6.04 Å². The lowest BCUT2D eigenvalue weighted by atomic mass is 10.2.